The number of ketones is 1. The molecule has 0 aromatic rings. The van der Waals surface area contributed by atoms with Gasteiger partial charge in [-0.15, -0.1) is 11.6 Å². The molecule has 32 heavy (non-hydrogen) atoms. The molecule has 0 amide bonds. The number of esters is 1. The predicted molar refractivity (Wildman–Crippen MR) is 125 cm³/mol. The summed E-state index contributed by atoms with van der Waals surface area (Å²) in [5.74, 6) is 0.0818. The first-order valence-electron chi connectivity index (χ1n) is 11.9. The molecule has 0 heterocycles. The topological polar surface area (TPSA) is 80.7 Å². The van der Waals surface area contributed by atoms with E-state index >= 15 is 0 Å². The van der Waals surface area contributed by atoms with Crippen molar-refractivity contribution in [1.82, 2.24) is 0 Å². The smallest absolute Gasteiger partial charge is 0.306 e. The van der Waals surface area contributed by atoms with Gasteiger partial charge in [0.15, 0.2) is 11.4 Å². The van der Waals surface area contributed by atoms with Gasteiger partial charge in [0.05, 0.1) is 11.3 Å². The summed E-state index contributed by atoms with van der Waals surface area (Å²) in [6, 6.07) is 0. The molecule has 8 atom stereocenters. The number of aliphatic hydroxyl groups excluding tert-OH is 1. The third-order valence-electron chi connectivity index (χ3n) is 9.49. The summed E-state index contributed by atoms with van der Waals surface area (Å²) >= 11 is 6.95. The van der Waals surface area contributed by atoms with Gasteiger partial charge in [-0.2, -0.15) is 0 Å². The first-order valence-corrected chi connectivity index (χ1v) is 13.4. The van der Waals surface area contributed by atoms with Crippen LogP contribution in [0.25, 0.3) is 0 Å². The molecule has 4 rings (SSSR count). The van der Waals surface area contributed by atoms with Crippen LogP contribution in [0.3, 0.4) is 0 Å². The highest BCUT2D eigenvalue weighted by Crippen LogP contribution is 2.70. The van der Waals surface area contributed by atoms with Crippen LogP contribution in [0.2, 0.25) is 0 Å². The molecular weight excluding hydrogens is 448 g/mol. The first-order chi connectivity index (χ1) is 15.0. The Morgan fingerprint density at radius 3 is 2.69 bits per heavy atom. The monoisotopic (exact) mass is 482 g/mol. The van der Waals surface area contributed by atoms with E-state index in [9.17, 15) is 19.5 Å². The maximum atomic E-state index is 13.6. The number of halogens is 1. The fourth-order valence-electron chi connectivity index (χ4n) is 8.11. The van der Waals surface area contributed by atoms with E-state index in [1.165, 1.54) is 5.57 Å². The van der Waals surface area contributed by atoms with Crippen molar-refractivity contribution in [2.45, 2.75) is 84.3 Å². The zero-order valence-corrected chi connectivity index (χ0v) is 21.1. The number of hydrogen-bond donors (Lipinski definition) is 1. The summed E-state index contributed by atoms with van der Waals surface area (Å²) in [6.07, 6.45) is 5.62. The Balaban J connectivity index is 1.78. The quantitative estimate of drug-likeness (QED) is 0.454. The number of thioether (sulfide) groups is 1. The van der Waals surface area contributed by atoms with Crippen LogP contribution < -0.4 is 0 Å². The Kier molecular flexibility index (Phi) is 6.39. The SMILES string of the molecule is CCC(=O)O[C@]1(C(=O)SCCl)[C@@H](C)C[C@H]2[C@@H]3CCC4=CC(=O)CC[C@]4(C)[C@H]3[C@@H](O)C[C@@]21C. The molecule has 7 heteroatoms. The Hall–Kier alpha value is -0.850. The Morgan fingerprint density at radius 1 is 1.31 bits per heavy atom. The van der Waals surface area contributed by atoms with Crippen molar-refractivity contribution < 1.29 is 24.2 Å². The van der Waals surface area contributed by atoms with Crippen LogP contribution >= 0.6 is 23.4 Å². The van der Waals surface area contributed by atoms with Gasteiger partial charge in [0.25, 0.3) is 0 Å². The number of fused-ring (bicyclic) bond motifs is 5. The van der Waals surface area contributed by atoms with E-state index in [-0.39, 0.29) is 57.6 Å². The number of hydrogen-bond acceptors (Lipinski definition) is 6. The molecule has 0 aromatic heterocycles. The number of rotatable bonds is 4. The Labute approximate surface area is 200 Å². The number of alkyl halides is 1. The molecular formula is C25H35ClO5S. The summed E-state index contributed by atoms with van der Waals surface area (Å²) in [6.45, 7) is 8.01. The molecule has 4 aliphatic carbocycles. The van der Waals surface area contributed by atoms with Gasteiger partial charge < -0.3 is 9.84 Å². The van der Waals surface area contributed by atoms with E-state index in [2.05, 4.69) is 6.92 Å². The van der Waals surface area contributed by atoms with Crippen LogP contribution in [0.1, 0.15) is 72.6 Å². The highest BCUT2D eigenvalue weighted by molar-refractivity contribution is 8.14. The van der Waals surface area contributed by atoms with Crippen LogP contribution in [-0.4, -0.2) is 38.9 Å². The van der Waals surface area contributed by atoms with Crippen LogP contribution in [0.4, 0.5) is 0 Å². The molecule has 0 saturated heterocycles. The normalized spacial score (nSPS) is 45.4. The minimum Gasteiger partial charge on any atom is -0.449 e. The molecule has 0 radical (unpaired) electrons. The van der Waals surface area contributed by atoms with Gasteiger partial charge in [0.1, 0.15) is 0 Å². The minimum absolute atomic E-state index is 0.0503. The molecule has 0 spiro atoms. The summed E-state index contributed by atoms with van der Waals surface area (Å²) in [5, 5.41) is 11.5. The zero-order valence-electron chi connectivity index (χ0n) is 19.5. The van der Waals surface area contributed by atoms with Gasteiger partial charge >= 0.3 is 5.97 Å². The second kappa shape index (κ2) is 8.42. The summed E-state index contributed by atoms with van der Waals surface area (Å²) < 4.78 is 6.09. The average Bonchev–Trinajstić information content (AvgIpc) is 2.95. The van der Waals surface area contributed by atoms with Crippen LogP contribution in [0.15, 0.2) is 11.6 Å². The lowest BCUT2D eigenvalue weighted by Crippen LogP contribution is -2.63. The second-order valence-corrected chi connectivity index (χ2v) is 12.4. The van der Waals surface area contributed by atoms with Crippen molar-refractivity contribution in [1.29, 1.82) is 0 Å². The van der Waals surface area contributed by atoms with Crippen molar-refractivity contribution in [2.75, 3.05) is 5.21 Å². The third-order valence-corrected chi connectivity index (χ3v) is 10.5. The molecule has 1 N–H and O–H groups in total. The summed E-state index contributed by atoms with van der Waals surface area (Å²) in [7, 11) is 0. The number of ether oxygens (including phenoxy) is 1. The lowest BCUT2D eigenvalue weighted by atomic mass is 9.45. The molecule has 5 nitrogen and oxygen atoms in total. The van der Waals surface area contributed by atoms with E-state index < -0.39 is 17.1 Å². The largest absolute Gasteiger partial charge is 0.449 e. The summed E-state index contributed by atoms with van der Waals surface area (Å²) in [4.78, 5) is 38.2. The average molecular weight is 483 g/mol. The maximum absolute atomic E-state index is 13.6. The van der Waals surface area contributed by atoms with Gasteiger partial charge in [-0.05, 0) is 61.3 Å². The standard InChI is InChI=1S/C25H35ClO5S/c1-5-20(29)31-25(22(30)32-13-26)14(2)10-18-17-7-6-15-11-16(27)8-9-23(15,3)21(17)19(28)12-24(18,25)4/h11,14,17-19,21,28H,5-10,12-13H2,1-4H3/t14-,17-,18-,19-,21+,23-,24-,25-/m0/s1. The van der Waals surface area contributed by atoms with Gasteiger partial charge in [-0.1, -0.05) is 45.0 Å². The highest BCUT2D eigenvalue weighted by atomic mass is 35.5. The Morgan fingerprint density at radius 2 is 2.03 bits per heavy atom. The van der Waals surface area contributed by atoms with Gasteiger partial charge in [0.2, 0.25) is 5.12 Å². The van der Waals surface area contributed by atoms with E-state index in [0.29, 0.717) is 12.8 Å². The predicted octanol–water partition coefficient (Wildman–Crippen LogP) is 4.88. The zero-order chi connectivity index (χ0) is 23.5. The second-order valence-electron chi connectivity index (χ2n) is 10.8. The van der Waals surface area contributed by atoms with Crippen LogP contribution in [0.5, 0.6) is 0 Å². The number of aliphatic hydroxyl groups is 1. The van der Waals surface area contributed by atoms with E-state index in [1.807, 2.05) is 19.9 Å². The Bertz CT molecular complexity index is 857. The van der Waals surface area contributed by atoms with Crippen LogP contribution in [-0.2, 0) is 19.1 Å². The molecule has 178 valence electrons. The fraction of sp³-hybridized carbons (Fsp3) is 0.800. The van der Waals surface area contributed by atoms with Crippen molar-refractivity contribution in [3.63, 3.8) is 0 Å². The molecule has 3 fully saturated rings. The number of allylic oxidation sites excluding steroid dienone is 1. The van der Waals surface area contributed by atoms with Gasteiger partial charge in [-0.25, -0.2) is 0 Å². The third kappa shape index (κ3) is 3.26. The number of carbonyl (C=O) groups is 3. The lowest BCUT2D eigenvalue weighted by Gasteiger charge is -2.60. The van der Waals surface area contributed by atoms with Crippen molar-refractivity contribution in [3.8, 4) is 0 Å². The minimum atomic E-state index is -1.28. The van der Waals surface area contributed by atoms with Crippen LogP contribution in [0, 0.1) is 34.5 Å². The van der Waals surface area contributed by atoms with E-state index in [4.69, 9.17) is 16.3 Å². The van der Waals surface area contributed by atoms with Crippen molar-refractivity contribution >= 4 is 40.2 Å². The van der Waals surface area contributed by atoms with Crippen molar-refractivity contribution in [3.05, 3.63) is 11.6 Å². The maximum Gasteiger partial charge on any atom is 0.306 e. The molecule has 0 bridgehead atoms. The molecule has 0 aromatic carbocycles. The highest BCUT2D eigenvalue weighted by Gasteiger charge is 2.73. The fourth-order valence-corrected chi connectivity index (χ4v) is 9.19. The van der Waals surface area contributed by atoms with E-state index in [0.717, 1.165) is 37.4 Å². The summed E-state index contributed by atoms with van der Waals surface area (Å²) in [5.41, 5.74) is -0.950. The molecule has 0 unspecified atom stereocenters. The van der Waals surface area contributed by atoms with Gasteiger partial charge in [0, 0.05) is 24.2 Å². The van der Waals surface area contributed by atoms with E-state index in [1.54, 1.807) is 6.92 Å². The molecule has 4 aliphatic rings. The van der Waals surface area contributed by atoms with Crippen molar-refractivity contribution in [2.24, 2.45) is 34.5 Å². The molecule has 3 saturated carbocycles. The first kappa shape index (κ1) is 24.3. The molecule has 0 aliphatic heterocycles. The van der Waals surface area contributed by atoms with Gasteiger partial charge in [-0.3, -0.25) is 14.4 Å². The number of carbonyl (C=O) groups excluding carboxylic acids is 3. The lowest BCUT2D eigenvalue weighted by molar-refractivity contribution is -0.201.